The largest absolute Gasteiger partial charge is 0.474 e. The van der Waals surface area contributed by atoms with Crippen molar-refractivity contribution in [2.24, 2.45) is 0 Å². The lowest BCUT2D eigenvalue weighted by molar-refractivity contribution is -0.119. The van der Waals surface area contributed by atoms with Gasteiger partial charge in [-0.3, -0.25) is 4.79 Å². The Morgan fingerprint density at radius 1 is 1.27 bits per heavy atom. The number of aromatic nitrogens is 3. The van der Waals surface area contributed by atoms with E-state index in [0.717, 1.165) is 41.9 Å². The molecule has 0 aliphatic carbocycles. The standard InChI is InChI=1S/C24H25N5O4/c1-15-13-31-10-9-28(15)18-3-2-4-20-17(18)11-21(33-20)19-12-25-22-6-8-24(27-29(19)22)32-14-16-5-7-23(30)26-16/h2-4,6,8,11-12,15-16H,5,7,9-10,13-14H2,1H3,(H,26,30)/t15-,16+/m1/s1. The van der Waals surface area contributed by atoms with E-state index in [-0.39, 0.29) is 11.9 Å². The third kappa shape index (κ3) is 3.68. The van der Waals surface area contributed by atoms with Crippen molar-refractivity contribution in [1.29, 1.82) is 0 Å². The summed E-state index contributed by atoms with van der Waals surface area (Å²) in [4.78, 5) is 18.3. The van der Waals surface area contributed by atoms with Crippen LogP contribution in [0.1, 0.15) is 19.8 Å². The van der Waals surface area contributed by atoms with Crippen LogP contribution in [0, 0.1) is 0 Å². The van der Waals surface area contributed by atoms with Gasteiger partial charge in [0.05, 0.1) is 25.5 Å². The molecular weight excluding hydrogens is 422 g/mol. The average molecular weight is 447 g/mol. The monoisotopic (exact) mass is 447 g/mol. The highest BCUT2D eigenvalue weighted by Crippen LogP contribution is 2.35. The van der Waals surface area contributed by atoms with Crippen LogP contribution >= 0.6 is 0 Å². The molecule has 2 saturated heterocycles. The van der Waals surface area contributed by atoms with Crippen molar-refractivity contribution >= 4 is 28.2 Å². The molecular formula is C24H25N5O4. The van der Waals surface area contributed by atoms with E-state index < -0.39 is 0 Å². The quantitative estimate of drug-likeness (QED) is 0.503. The van der Waals surface area contributed by atoms with Crippen LogP contribution in [0.25, 0.3) is 28.1 Å². The molecule has 5 heterocycles. The van der Waals surface area contributed by atoms with Gasteiger partial charge in [-0.2, -0.15) is 0 Å². The minimum atomic E-state index is 0.0219. The first-order chi connectivity index (χ1) is 16.2. The third-order valence-corrected chi connectivity index (χ3v) is 6.32. The predicted molar refractivity (Wildman–Crippen MR) is 122 cm³/mol. The van der Waals surface area contributed by atoms with Crippen LogP contribution < -0.4 is 15.0 Å². The number of carbonyl (C=O) groups is 1. The van der Waals surface area contributed by atoms with E-state index in [0.29, 0.717) is 43.0 Å². The van der Waals surface area contributed by atoms with Gasteiger partial charge >= 0.3 is 0 Å². The smallest absolute Gasteiger partial charge is 0.231 e. The van der Waals surface area contributed by atoms with Crippen LogP contribution in [0.3, 0.4) is 0 Å². The second-order valence-electron chi connectivity index (χ2n) is 8.62. The fraction of sp³-hybridized carbons (Fsp3) is 0.375. The van der Waals surface area contributed by atoms with Crippen molar-refractivity contribution in [1.82, 2.24) is 19.9 Å². The van der Waals surface area contributed by atoms with Crippen molar-refractivity contribution in [2.45, 2.75) is 31.8 Å². The number of amides is 1. The Kier molecular flexibility index (Phi) is 4.91. The summed E-state index contributed by atoms with van der Waals surface area (Å²) in [5.41, 5.74) is 3.42. The highest BCUT2D eigenvalue weighted by atomic mass is 16.5. The summed E-state index contributed by atoms with van der Waals surface area (Å²) < 4.78 is 19.4. The number of imidazole rings is 1. The second kappa shape index (κ2) is 8.08. The molecule has 1 N–H and O–H groups in total. The number of rotatable bonds is 5. The number of hydrogen-bond donors (Lipinski definition) is 1. The first-order valence-electron chi connectivity index (χ1n) is 11.3. The van der Waals surface area contributed by atoms with Crippen LogP contribution in [0.15, 0.2) is 47.0 Å². The van der Waals surface area contributed by atoms with Crippen molar-refractivity contribution in [3.8, 4) is 17.3 Å². The van der Waals surface area contributed by atoms with Crippen LogP contribution in [0.2, 0.25) is 0 Å². The summed E-state index contributed by atoms with van der Waals surface area (Å²) in [6.07, 6.45) is 3.09. The molecule has 0 unspecified atom stereocenters. The van der Waals surface area contributed by atoms with Gasteiger partial charge in [0.25, 0.3) is 0 Å². The first kappa shape index (κ1) is 20.0. The number of benzene rings is 1. The molecule has 0 radical (unpaired) electrons. The molecule has 1 aromatic carbocycles. The van der Waals surface area contributed by atoms with E-state index in [2.05, 4.69) is 39.4 Å². The molecule has 3 aromatic heterocycles. The lowest BCUT2D eigenvalue weighted by Crippen LogP contribution is -2.43. The van der Waals surface area contributed by atoms with Gasteiger partial charge in [-0.25, -0.2) is 9.50 Å². The number of furan rings is 1. The molecule has 2 atom stereocenters. The number of nitrogens with zero attached hydrogens (tertiary/aromatic N) is 4. The lowest BCUT2D eigenvalue weighted by atomic mass is 10.1. The lowest BCUT2D eigenvalue weighted by Gasteiger charge is -2.35. The Hall–Kier alpha value is -3.59. The zero-order chi connectivity index (χ0) is 22.4. The highest BCUT2D eigenvalue weighted by molar-refractivity contribution is 5.94. The van der Waals surface area contributed by atoms with Gasteiger partial charge in [-0.1, -0.05) is 6.07 Å². The number of anilines is 1. The zero-order valence-corrected chi connectivity index (χ0v) is 18.4. The maximum Gasteiger partial charge on any atom is 0.231 e. The molecule has 170 valence electrons. The molecule has 9 nitrogen and oxygen atoms in total. The number of hydrogen-bond acceptors (Lipinski definition) is 7. The Bertz CT molecular complexity index is 1330. The van der Waals surface area contributed by atoms with Crippen LogP contribution in [0.5, 0.6) is 5.88 Å². The molecule has 1 amide bonds. The van der Waals surface area contributed by atoms with Crippen molar-refractivity contribution in [2.75, 3.05) is 31.3 Å². The molecule has 0 spiro atoms. The summed E-state index contributed by atoms with van der Waals surface area (Å²) in [6, 6.07) is 12.2. The molecule has 0 bridgehead atoms. The third-order valence-electron chi connectivity index (χ3n) is 6.32. The van der Waals surface area contributed by atoms with Gasteiger partial charge in [-0.05, 0) is 37.6 Å². The topological polar surface area (TPSA) is 94.1 Å². The molecule has 6 rings (SSSR count). The predicted octanol–water partition coefficient (Wildman–Crippen LogP) is 3.03. The van der Waals surface area contributed by atoms with Crippen molar-refractivity contribution < 1.29 is 18.7 Å². The Morgan fingerprint density at radius 2 is 2.21 bits per heavy atom. The van der Waals surface area contributed by atoms with E-state index in [1.807, 2.05) is 18.2 Å². The molecule has 4 aromatic rings. The average Bonchev–Trinajstić information content (AvgIpc) is 3.55. The van der Waals surface area contributed by atoms with Crippen LogP contribution in [0.4, 0.5) is 5.69 Å². The van der Waals surface area contributed by atoms with Gasteiger partial charge in [0.2, 0.25) is 11.8 Å². The molecule has 2 aliphatic rings. The van der Waals surface area contributed by atoms with E-state index in [9.17, 15) is 4.79 Å². The van der Waals surface area contributed by atoms with E-state index in [4.69, 9.17) is 13.9 Å². The Labute approximate surface area is 190 Å². The fourth-order valence-electron chi connectivity index (χ4n) is 4.60. The molecule has 9 heteroatoms. The number of nitrogens with one attached hydrogen (secondary N) is 1. The number of carbonyl (C=O) groups excluding carboxylic acids is 1. The SMILES string of the molecule is C[C@@H]1COCCN1c1cccc2oc(-c3cnc4ccc(OC[C@@H]5CCC(=O)N5)nn34)cc12. The summed E-state index contributed by atoms with van der Waals surface area (Å²) in [5, 5.41) is 8.58. The van der Waals surface area contributed by atoms with E-state index >= 15 is 0 Å². The summed E-state index contributed by atoms with van der Waals surface area (Å²) >= 11 is 0. The van der Waals surface area contributed by atoms with Crippen LogP contribution in [-0.2, 0) is 9.53 Å². The van der Waals surface area contributed by atoms with Gasteiger partial charge in [0, 0.05) is 36.1 Å². The highest BCUT2D eigenvalue weighted by Gasteiger charge is 2.24. The van der Waals surface area contributed by atoms with Gasteiger partial charge in [0.1, 0.15) is 17.9 Å². The number of fused-ring (bicyclic) bond motifs is 2. The summed E-state index contributed by atoms with van der Waals surface area (Å²) in [6.45, 7) is 4.84. The first-order valence-corrected chi connectivity index (χ1v) is 11.3. The summed E-state index contributed by atoms with van der Waals surface area (Å²) in [7, 11) is 0. The van der Waals surface area contributed by atoms with Crippen LogP contribution in [-0.4, -0.2) is 59.0 Å². The second-order valence-corrected chi connectivity index (χ2v) is 8.62. The van der Waals surface area contributed by atoms with Gasteiger partial charge in [0.15, 0.2) is 11.4 Å². The van der Waals surface area contributed by atoms with Gasteiger partial charge in [-0.15, -0.1) is 5.10 Å². The zero-order valence-electron chi connectivity index (χ0n) is 18.4. The minimum Gasteiger partial charge on any atom is -0.474 e. The minimum absolute atomic E-state index is 0.0219. The van der Waals surface area contributed by atoms with E-state index in [1.165, 1.54) is 0 Å². The van der Waals surface area contributed by atoms with Crippen molar-refractivity contribution in [3.63, 3.8) is 0 Å². The molecule has 33 heavy (non-hydrogen) atoms. The van der Waals surface area contributed by atoms with E-state index in [1.54, 1.807) is 16.8 Å². The molecule has 2 aliphatic heterocycles. The Balaban J connectivity index is 1.32. The maximum atomic E-state index is 11.4. The van der Waals surface area contributed by atoms with Crippen molar-refractivity contribution in [3.05, 3.63) is 42.6 Å². The summed E-state index contributed by atoms with van der Waals surface area (Å²) in [5.74, 6) is 1.24. The number of morpholine rings is 1. The van der Waals surface area contributed by atoms with Gasteiger partial charge < -0.3 is 24.1 Å². The molecule has 0 saturated carbocycles. The maximum absolute atomic E-state index is 11.4. The Morgan fingerprint density at radius 3 is 3.06 bits per heavy atom. The normalized spacial score (nSPS) is 21.1. The molecule has 2 fully saturated rings. The fourth-order valence-corrected chi connectivity index (χ4v) is 4.60. The number of ether oxygens (including phenoxy) is 2.